The fourth-order valence-corrected chi connectivity index (χ4v) is 5.18. The number of hydrogen-bond donors (Lipinski definition) is 3. The number of amides is 2. The summed E-state index contributed by atoms with van der Waals surface area (Å²) in [5.74, 6) is -0.759. The number of anilines is 1. The second-order valence-corrected chi connectivity index (χ2v) is 10.6. The van der Waals surface area contributed by atoms with E-state index in [9.17, 15) is 14.7 Å². The van der Waals surface area contributed by atoms with Crippen LogP contribution in [0.25, 0.3) is 11.1 Å². The van der Waals surface area contributed by atoms with E-state index in [1.54, 1.807) is 38.2 Å². The first-order valence-electron chi connectivity index (χ1n) is 13.1. The summed E-state index contributed by atoms with van der Waals surface area (Å²) in [4.78, 5) is 35.2. The summed E-state index contributed by atoms with van der Waals surface area (Å²) in [6, 6.07) is 5.38. The monoisotopic (exact) mass is 520 g/mol. The van der Waals surface area contributed by atoms with Gasteiger partial charge in [0.1, 0.15) is 17.6 Å². The third kappa shape index (κ3) is 5.45. The zero-order chi connectivity index (χ0) is 27.0. The van der Waals surface area contributed by atoms with Crippen molar-refractivity contribution in [3.05, 3.63) is 59.6 Å². The lowest BCUT2D eigenvalue weighted by Gasteiger charge is -2.27. The van der Waals surface area contributed by atoms with Crippen LogP contribution in [0.3, 0.4) is 0 Å². The highest BCUT2D eigenvalue weighted by atomic mass is 19.1. The SMILES string of the molecule is Cc1cnc(C)c(-c2ccc(NC(=O)[C@@H](NC(=O)c3ccnn3[C@@H](C)CO)C(C3CC3)C3CC3)nc2F)c1. The molecule has 2 aliphatic carbocycles. The van der Waals surface area contributed by atoms with Gasteiger partial charge in [-0.15, -0.1) is 0 Å². The van der Waals surface area contributed by atoms with Crippen LogP contribution in [0.15, 0.2) is 36.7 Å². The molecule has 0 spiro atoms. The number of hydrogen-bond acceptors (Lipinski definition) is 6. The van der Waals surface area contributed by atoms with Gasteiger partial charge in [-0.05, 0) is 94.0 Å². The van der Waals surface area contributed by atoms with Crippen LogP contribution in [0.4, 0.5) is 10.2 Å². The van der Waals surface area contributed by atoms with E-state index in [1.807, 2.05) is 13.0 Å². The van der Waals surface area contributed by atoms with Crippen molar-refractivity contribution >= 4 is 17.6 Å². The van der Waals surface area contributed by atoms with Gasteiger partial charge < -0.3 is 15.7 Å². The Kier molecular flexibility index (Phi) is 7.25. The molecule has 9 nitrogen and oxygen atoms in total. The summed E-state index contributed by atoms with van der Waals surface area (Å²) in [5, 5.41) is 19.4. The maximum atomic E-state index is 15.1. The van der Waals surface area contributed by atoms with Crippen molar-refractivity contribution in [2.24, 2.45) is 17.8 Å². The Labute approximate surface area is 220 Å². The standard InChI is InChI=1S/C28H33FN6O3/c1-15-12-21(17(3)30-13-15)20-8-9-23(32-26(20)29)33-28(38)25(24(18-4-5-18)19-6-7-19)34-27(37)22-10-11-31-35(22)16(2)14-36/h8-13,16,18-19,24-25,36H,4-7,14H2,1-3H3,(H,34,37)(H,32,33,38)/t16-,25-/m0/s1. The molecule has 3 heterocycles. The van der Waals surface area contributed by atoms with Crippen LogP contribution in [-0.4, -0.2) is 49.3 Å². The molecule has 200 valence electrons. The lowest BCUT2D eigenvalue weighted by molar-refractivity contribution is -0.119. The Morgan fingerprint density at radius 1 is 1.13 bits per heavy atom. The molecule has 2 saturated carbocycles. The molecule has 2 amide bonds. The predicted octanol–water partition coefficient (Wildman–Crippen LogP) is 3.82. The van der Waals surface area contributed by atoms with Gasteiger partial charge in [0.25, 0.3) is 5.91 Å². The van der Waals surface area contributed by atoms with Gasteiger partial charge in [0.2, 0.25) is 11.9 Å². The zero-order valence-electron chi connectivity index (χ0n) is 21.8. The number of rotatable bonds is 10. The number of carbonyl (C=O) groups is 2. The van der Waals surface area contributed by atoms with Gasteiger partial charge in [0.05, 0.1) is 12.6 Å². The van der Waals surface area contributed by atoms with Gasteiger partial charge >= 0.3 is 0 Å². The molecule has 5 rings (SSSR count). The van der Waals surface area contributed by atoms with Crippen LogP contribution >= 0.6 is 0 Å². The summed E-state index contributed by atoms with van der Waals surface area (Å²) in [5.41, 5.74) is 2.81. The molecular formula is C28H33FN6O3. The van der Waals surface area contributed by atoms with Crippen molar-refractivity contribution in [2.45, 2.75) is 58.5 Å². The largest absolute Gasteiger partial charge is 0.394 e. The van der Waals surface area contributed by atoms with Crippen LogP contribution in [0.2, 0.25) is 0 Å². The molecule has 2 atom stereocenters. The van der Waals surface area contributed by atoms with E-state index < -0.39 is 29.8 Å². The third-order valence-corrected chi connectivity index (χ3v) is 7.49. The Morgan fingerprint density at radius 2 is 1.84 bits per heavy atom. The highest BCUT2D eigenvalue weighted by molar-refractivity contribution is 6.00. The smallest absolute Gasteiger partial charge is 0.270 e. The lowest BCUT2D eigenvalue weighted by Crippen LogP contribution is -2.50. The van der Waals surface area contributed by atoms with Crippen LogP contribution in [-0.2, 0) is 4.79 Å². The minimum Gasteiger partial charge on any atom is -0.394 e. The number of nitrogens with zero attached hydrogens (tertiary/aromatic N) is 4. The second kappa shape index (κ2) is 10.6. The van der Waals surface area contributed by atoms with Crippen molar-refractivity contribution in [2.75, 3.05) is 11.9 Å². The Hall–Kier alpha value is -3.66. The van der Waals surface area contributed by atoms with E-state index in [0.717, 1.165) is 31.2 Å². The van der Waals surface area contributed by atoms with E-state index in [1.165, 1.54) is 10.9 Å². The number of aromatic nitrogens is 4. The molecule has 3 N–H and O–H groups in total. The zero-order valence-corrected chi connectivity index (χ0v) is 21.8. The van der Waals surface area contributed by atoms with E-state index in [2.05, 4.69) is 25.7 Å². The van der Waals surface area contributed by atoms with Gasteiger partial charge in [0.15, 0.2) is 0 Å². The first-order chi connectivity index (χ1) is 18.3. The topological polar surface area (TPSA) is 122 Å². The van der Waals surface area contributed by atoms with Gasteiger partial charge in [-0.2, -0.15) is 9.49 Å². The Bertz CT molecular complexity index is 1340. The third-order valence-electron chi connectivity index (χ3n) is 7.49. The minimum atomic E-state index is -0.803. The average molecular weight is 521 g/mol. The molecule has 38 heavy (non-hydrogen) atoms. The number of carbonyl (C=O) groups excluding carboxylic acids is 2. The van der Waals surface area contributed by atoms with Crippen molar-refractivity contribution in [3.8, 4) is 11.1 Å². The van der Waals surface area contributed by atoms with Gasteiger partial charge in [-0.25, -0.2) is 4.98 Å². The first-order valence-corrected chi connectivity index (χ1v) is 13.1. The summed E-state index contributed by atoms with van der Waals surface area (Å²) < 4.78 is 16.5. The summed E-state index contributed by atoms with van der Waals surface area (Å²) in [7, 11) is 0. The predicted molar refractivity (Wildman–Crippen MR) is 140 cm³/mol. The molecule has 2 fully saturated rings. The molecule has 0 unspecified atom stereocenters. The maximum Gasteiger partial charge on any atom is 0.270 e. The number of nitrogens with one attached hydrogen (secondary N) is 2. The van der Waals surface area contributed by atoms with Crippen molar-refractivity contribution in [1.82, 2.24) is 25.1 Å². The Balaban J connectivity index is 1.39. The number of aliphatic hydroxyl groups excluding tert-OH is 1. The molecule has 2 aliphatic rings. The van der Waals surface area contributed by atoms with E-state index in [4.69, 9.17) is 0 Å². The molecule has 0 radical (unpaired) electrons. The average Bonchev–Trinajstić information content (AvgIpc) is 3.84. The summed E-state index contributed by atoms with van der Waals surface area (Å²) >= 11 is 0. The second-order valence-electron chi connectivity index (χ2n) is 10.6. The molecule has 3 aromatic heterocycles. The molecule has 10 heteroatoms. The van der Waals surface area contributed by atoms with E-state index >= 15 is 4.39 Å². The van der Waals surface area contributed by atoms with Crippen LogP contribution < -0.4 is 10.6 Å². The molecule has 3 aromatic rings. The number of halogens is 1. The van der Waals surface area contributed by atoms with Crippen molar-refractivity contribution in [1.29, 1.82) is 0 Å². The minimum absolute atomic E-state index is 0.00396. The highest BCUT2D eigenvalue weighted by Gasteiger charge is 2.48. The lowest BCUT2D eigenvalue weighted by atomic mass is 9.88. The molecule has 0 aromatic carbocycles. The molecular weight excluding hydrogens is 487 g/mol. The van der Waals surface area contributed by atoms with Crippen LogP contribution in [0, 0.1) is 37.5 Å². The van der Waals surface area contributed by atoms with E-state index in [-0.39, 0.29) is 24.0 Å². The van der Waals surface area contributed by atoms with Gasteiger partial charge in [-0.1, -0.05) is 0 Å². The maximum absolute atomic E-state index is 15.1. The molecule has 0 saturated heterocycles. The quantitative estimate of drug-likeness (QED) is 0.350. The van der Waals surface area contributed by atoms with Crippen LogP contribution in [0.1, 0.15) is 60.4 Å². The van der Waals surface area contributed by atoms with E-state index in [0.29, 0.717) is 28.7 Å². The normalized spacial score (nSPS) is 16.8. The van der Waals surface area contributed by atoms with Crippen molar-refractivity contribution < 1.29 is 19.1 Å². The Morgan fingerprint density at radius 3 is 2.47 bits per heavy atom. The fourth-order valence-electron chi connectivity index (χ4n) is 5.18. The fraction of sp³-hybridized carbons (Fsp3) is 0.464. The molecule has 0 aliphatic heterocycles. The van der Waals surface area contributed by atoms with Crippen LogP contribution in [0.5, 0.6) is 0 Å². The summed E-state index contributed by atoms with van der Waals surface area (Å²) in [6.07, 6.45) is 7.30. The first kappa shape index (κ1) is 26.0. The number of pyridine rings is 2. The number of aryl methyl sites for hydroxylation is 2. The van der Waals surface area contributed by atoms with Gasteiger partial charge in [0, 0.05) is 29.2 Å². The van der Waals surface area contributed by atoms with Crippen molar-refractivity contribution in [3.63, 3.8) is 0 Å². The number of aliphatic hydroxyl groups is 1. The van der Waals surface area contributed by atoms with Gasteiger partial charge in [-0.3, -0.25) is 19.3 Å². The summed E-state index contributed by atoms with van der Waals surface area (Å²) in [6.45, 7) is 5.27. The molecule has 0 bridgehead atoms. The highest BCUT2D eigenvalue weighted by Crippen LogP contribution is 2.51.